The maximum absolute atomic E-state index is 11.1. The zero-order valence-electron chi connectivity index (χ0n) is 11.0. The molecule has 2 N–H and O–H groups in total. The Hall–Kier alpha value is -2.37. The van der Waals surface area contributed by atoms with Crippen LogP contribution in [0.2, 0.25) is 0 Å². The van der Waals surface area contributed by atoms with Crippen molar-refractivity contribution >= 4 is 32.3 Å². The molecule has 0 spiro atoms. The molecule has 0 aliphatic carbocycles. The van der Waals surface area contributed by atoms with E-state index in [0.29, 0.717) is 0 Å². The first kappa shape index (κ1) is 13.6. The van der Waals surface area contributed by atoms with Gasteiger partial charge in [0.05, 0.1) is 4.90 Å². The molecule has 0 saturated heterocycles. The number of hydrogen-bond acceptors (Lipinski definition) is 3. The summed E-state index contributed by atoms with van der Waals surface area (Å²) in [6.45, 7) is 0. The Bertz CT molecular complexity index is 890. The number of benzene rings is 3. The van der Waals surface area contributed by atoms with Crippen LogP contribution in [0.4, 0.5) is 11.4 Å². The van der Waals surface area contributed by atoms with Crippen molar-refractivity contribution < 1.29 is 13.0 Å². The second kappa shape index (κ2) is 5.20. The van der Waals surface area contributed by atoms with E-state index >= 15 is 0 Å². The molecule has 0 aromatic heterocycles. The quantitative estimate of drug-likeness (QED) is 0.721. The molecule has 0 radical (unpaired) electrons. The monoisotopic (exact) mass is 299 g/mol. The molecule has 3 aromatic carbocycles. The van der Waals surface area contributed by atoms with E-state index in [1.165, 1.54) is 12.1 Å². The van der Waals surface area contributed by atoms with Crippen LogP contribution in [0.25, 0.3) is 10.8 Å². The minimum atomic E-state index is -4.17. The molecule has 5 heteroatoms. The third kappa shape index (κ3) is 3.04. The van der Waals surface area contributed by atoms with Crippen LogP contribution in [-0.4, -0.2) is 13.0 Å². The molecule has 3 aromatic rings. The van der Waals surface area contributed by atoms with E-state index in [0.717, 1.165) is 22.1 Å². The first-order chi connectivity index (χ1) is 10.0. The molecule has 0 aliphatic heterocycles. The predicted octanol–water partition coefficient (Wildman–Crippen LogP) is 3.83. The third-order valence-corrected chi connectivity index (χ3v) is 4.02. The van der Waals surface area contributed by atoms with E-state index in [1.54, 1.807) is 6.07 Å². The van der Waals surface area contributed by atoms with Crippen molar-refractivity contribution in [3.63, 3.8) is 0 Å². The molecule has 0 amide bonds. The molecular weight excluding hydrogens is 286 g/mol. The van der Waals surface area contributed by atoms with Crippen LogP contribution in [0, 0.1) is 0 Å². The van der Waals surface area contributed by atoms with Crippen LogP contribution in [-0.2, 0) is 10.1 Å². The van der Waals surface area contributed by atoms with Gasteiger partial charge in [-0.2, -0.15) is 8.42 Å². The van der Waals surface area contributed by atoms with Gasteiger partial charge >= 0.3 is 0 Å². The average molecular weight is 299 g/mol. The summed E-state index contributed by atoms with van der Waals surface area (Å²) in [5, 5.41) is 4.92. The second-order valence-corrected chi connectivity index (χ2v) is 6.11. The van der Waals surface area contributed by atoms with Gasteiger partial charge in [-0.3, -0.25) is 4.55 Å². The fraction of sp³-hybridized carbons (Fsp3) is 0. The second-order valence-electron chi connectivity index (χ2n) is 4.69. The Morgan fingerprint density at radius 2 is 1.43 bits per heavy atom. The van der Waals surface area contributed by atoms with Crippen LogP contribution in [0.1, 0.15) is 0 Å². The lowest BCUT2D eigenvalue weighted by Gasteiger charge is -2.08. The van der Waals surface area contributed by atoms with Gasteiger partial charge in [-0.1, -0.05) is 30.3 Å². The van der Waals surface area contributed by atoms with Gasteiger partial charge in [-0.15, -0.1) is 0 Å². The summed E-state index contributed by atoms with van der Waals surface area (Å²) >= 11 is 0. The smallest absolute Gasteiger partial charge is 0.294 e. The fourth-order valence-corrected chi connectivity index (χ4v) is 2.67. The van der Waals surface area contributed by atoms with Crippen molar-refractivity contribution in [2.75, 3.05) is 5.32 Å². The summed E-state index contributed by atoms with van der Waals surface area (Å²) in [4.78, 5) is -0.0984. The molecular formula is C16H13NO3S. The first-order valence-corrected chi connectivity index (χ1v) is 7.80. The standard InChI is InChI=1S/C16H13NO3S/c18-21(19,20)16-9-7-12-10-15(8-6-13(12)11-16)17-14-4-2-1-3-5-14/h1-11,17H,(H,18,19,20). The lowest BCUT2D eigenvalue weighted by atomic mass is 10.1. The lowest BCUT2D eigenvalue weighted by Crippen LogP contribution is -1.97. The molecule has 21 heavy (non-hydrogen) atoms. The van der Waals surface area contributed by atoms with Crippen LogP contribution in [0.3, 0.4) is 0 Å². The summed E-state index contributed by atoms with van der Waals surface area (Å²) < 4.78 is 31.3. The number of hydrogen-bond donors (Lipinski definition) is 2. The van der Waals surface area contributed by atoms with E-state index in [4.69, 9.17) is 4.55 Å². The van der Waals surface area contributed by atoms with Crippen molar-refractivity contribution in [1.82, 2.24) is 0 Å². The highest BCUT2D eigenvalue weighted by Gasteiger charge is 2.09. The van der Waals surface area contributed by atoms with Crippen molar-refractivity contribution in [3.05, 3.63) is 66.7 Å². The fourth-order valence-electron chi connectivity index (χ4n) is 2.15. The van der Waals surface area contributed by atoms with Gasteiger partial charge in [0, 0.05) is 11.4 Å². The van der Waals surface area contributed by atoms with Gasteiger partial charge < -0.3 is 5.32 Å². The van der Waals surface area contributed by atoms with Gasteiger partial charge in [-0.25, -0.2) is 0 Å². The summed E-state index contributed by atoms with van der Waals surface area (Å²) in [5.74, 6) is 0. The number of nitrogens with one attached hydrogen (secondary N) is 1. The Labute approximate surface area is 122 Å². The highest BCUT2D eigenvalue weighted by Crippen LogP contribution is 2.24. The van der Waals surface area contributed by atoms with Crippen LogP contribution < -0.4 is 5.32 Å². The van der Waals surface area contributed by atoms with Gasteiger partial charge in [-0.05, 0) is 47.2 Å². The molecule has 0 unspecified atom stereocenters. The Morgan fingerprint density at radius 1 is 0.762 bits per heavy atom. The topological polar surface area (TPSA) is 66.4 Å². The Morgan fingerprint density at radius 3 is 2.14 bits per heavy atom. The van der Waals surface area contributed by atoms with E-state index in [-0.39, 0.29) is 4.90 Å². The molecule has 0 saturated carbocycles. The summed E-state index contributed by atoms with van der Waals surface area (Å²) in [6, 6.07) is 19.9. The van der Waals surface area contributed by atoms with Crippen LogP contribution in [0.15, 0.2) is 71.6 Å². The van der Waals surface area contributed by atoms with E-state index < -0.39 is 10.1 Å². The largest absolute Gasteiger partial charge is 0.356 e. The van der Waals surface area contributed by atoms with Gasteiger partial charge in [0.1, 0.15) is 0 Å². The molecule has 0 fully saturated rings. The minimum Gasteiger partial charge on any atom is -0.356 e. The maximum atomic E-state index is 11.1. The number of fused-ring (bicyclic) bond motifs is 1. The lowest BCUT2D eigenvalue weighted by molar-refractivity contribution is 0.483. The van der Waals surface area contributed by atoms with Crippen molar-refractivity contribution in [2.45, 2.75) is 4.90 Å². The maximum Gasteiger partial charge on any atom is 0.294 e. The third-order valence-electron chi connectivity index (χ3n) is 3.17. The zero-order chi connectivity index (χ0) is 14.9. The molecule has 0 aliphatic rings. The van der Waals surface area contributed by atoms with Crippen LogP contribution in [0.5, 0.6) is 0 Å². The predicted molar refractivity (Wildman–Crippen MR) is 83.5 cm³/mol. The van der Waals surface area contributed by atoms with Crippen molar-refractivity contribution in [2.24, 2.45) is 0 Å². The van der Waals surface area contributed by atoms with Gasteiger partial charge in [0.15, 0.2) is 0 Å². The van der Waals surface area contributed by atoms with E-state index in [1.807, 2.05) is 48.5 Å². The number of anilines is 2. The van der Waals surface area contributed by atoms with Gasteiger partial charge in [0.25, 0.3) is 10.1 Å². The molecule has 0 heterocycles. The van der Waals surface area contributed by atoms with E-state index in [9.17, 15) is 8.42 Å². The molecule has 3 rings (SSSR count). The Kier molecular flexibility index (Phi) is 3.37. The number of para-hydroxylation sites is 1. The van der Waals surface area contributed by atoms with Crippen LogP contribution >= 0.6 is 0 Å². The molecule has 4 nitrogen and oxygen atoms in total. The van der Waals surface area contributed by atoms with Crippen molar-refractivity contribution in [1.29, 1.82) is 0 Å². The van der Waals surface area contributed by atoms with E-state index in [2.05, 4.69) is 5.32 Å². The Balaban J connectivity index is 1.98. The highest BCUT2D eigenvalue weighted by molar-refractivity contribution is 7.85. The number of rotatable bonds is 3. The summed E-state index contributed by atoms with van der Waals surface area (Å²) in [5.41, 5.74) is 1.89. The minimum absolute atomic E-state index is 0.0984. The first-order valence-electron chi connectivity index (χ1n) is 6.36. The zero-order valence-corrected chi connectivity index (χ0v) is 11.8. The molecule has 106 valence electrons. The molecule has 0 bridgehead atoms. The normalized spacial score (nSPS) is 11.5. The summed E-state index contributed by atoms with van der Waals surface area (Å²) in [7, 11) is -4.17. The highest BCUT2D eigenvalue weighted by atomic mass is 32.2. The average Bonchev–Trinajstić information content (AvgIpc) is 2.47. The van der Waals surface area contributed by atoms with Crippen molar-refractivity contribution in [3.8, 4) is 0 Å². The SMILES string of the molecule is O=S(=O)(O)c1ccc2cc(Nc3ccccc3)ccc2c1. The summed E-state index contributed by atoms with van der Waals surface area (Å²) in [6.07, 6.45) is 0. The van der Waals surface area contributed by atoms with Gasteiger partial charge in [0.2, 0.25) is 0 Å². The molecule has 0 atom stereocenters.